The fourth-order valence-electron chi connectivity index (χ4n) is 2.03. The van der Waals surface area contributed by atoms with E-state index in [4.69, 9.17) is 14.2 Å². The first kappa shape index (κ1) is 12.4. The number of benzene rings is 1. The second kappa shape index (κ2) is 6.62. The lowest BCUT2D eigenvalue weighted by Gasteiger charge is -2.10. The maximum atomic E-state index is 5.61. The average molecular weight is 236 g/mol. The molecule has 0 aliphatic carbocycles. The minimum absolute atomic E-state index is 0.567. The maximum Gasteiger partial charge on any atom is 0.119 e. The highest BCUT2D eigenvalue weighted by atomic mass is 16.5. The summed E-state index contributed by atoms with van der Waals surface area (Å²) >= 11 is 0. The van der Waals surface area contributed by atoms with Crippen LogP contribution in [-0.2, 0) is 9.47 Å². The van der Waals surface area contributed by atoms with Gasteiger partial charge in [0.05, 0.1) is 13.2 Å². The molecule has 1 aromatic rings. The normalized spacial score (nSPS) is 19.5. The topological polar surface area (TPSA) is 27.7 Å². The van der Waals surface area contributed by atoms with Crippen LogP contribution in [0.4, 0.5) is 0 Å². The van der Waals surface area contributed by atoms with Crippen LogP contribution in [0.1, 0.15) is 24.3 Å². The van der Waals surface area contributed by atoms with Gasteiger partial charge in [0, 0.05) is 32.7 Å². The van der Waals surface area contributed by atoms with Crippen molar-refractivity contribution in [3.05, 3.63) is 29.8 Å². The van der Waals surface area contributed by atoms with Gasteiger partial charge in [0.1, 0.15) is 5.75 Å². The molecule has 17 heavy (non-hydrogen) atoms. The van der Waals surface area contributed by atoms with Crippen LogP contribution in [0.3, 0.4) is 0 Å². The molecule has 1 aliphatic heterocycles. The second-order valence-electron chi connectivity index (χ2n) is 4.32. The zero-order chi connectivity index (χ0) is 11.9. The zero-order valence-electron chi connectivity index (χ0n) is 10.4. The van der Waals surface area contributed by atoms with E-state index in [1.165, 1.54) is 5.56 Å². The van der Waals surface area contributed by atoms with Gasteiger partial charge in [-0.2, -0.15) is 0 Å². The van der Waals surface area contributed by atoms with Crippen molar-refractivity contribution in [1.82, 2.24) is 0 Å². The standard InChI is InChI=1S/C14H20O3/c1-15-8-2-9-17-14-5-3-12(4-6-14)13-7-10-16-11-13/h3-6,13H,2,7-11H2,1H3. The Morgan fingerprint density at radius 1 is 1.24 bits per heavy atom. The summed E-state index contributed by atoms with van der Waals surface area (Å²) in [6.07, 6.45) is 2.06. The molecule has 0 bridgehead atoms. The molecule has 94 valence electrons. The highest BCUT2D eigenvalue weighted by Gasteiger charge is 2.17. The molecule has 1 unspecified atom stereocenters. The van der Waals surface area contributed by atoms with E-state index >= 15 is 0 Å². The molecule has 0 spiro atoms. The second-order valence-corrected chi connectivity index (χ2v) is 4.32. The van der Waals surface area contributed by atoms with Crippen molar-refractivity contribution in [3.63, 3.8) is 0 Å². The van der Waals surface area contributed by atoms with E-state index in [2.05, 4.69) is 12.1 Å². The molecule has 0 amide bonds. The van der Waals surface area contributed by atoms with E-state index in [0.29, 0.717) is 12.5 Å². The van der Waals surface area contributed by atoms with Gasteiger partial charge in [0.15, 0.2) is 0 Å². The van der Waals surface area contributed by atoms with Gasteiger partial charge < -0.3 is 14.2 Å². The minimum atomic E-state index is 0.567. The molecule has 1 aromatic carbocycles. The smallest absolute Gasteiger partial charge is 0.119 e. The Hall–Kier alpha value is -1.06. The molecule has 3 heteroatoms. The summed E-state index contributed by atoms with van der Waals surface area (Å²) in [4.78, 5) is 0. The fourth-order valence-corrected chi connectivity index (χ4v) is 2.03. The van der Waals surface area contributed by atoms with E-state index in [1.54, 1.807) is 7.11 Å². The number of hydrogen-bond donors (Lipinski definition) is 0. The molecule has 0 saturated carbocycles. The molecule has 0 radical (unpaired) electrons. The molecule has 0 aromatic heterocycles. The maximum absolute atomic E-state index is 5.61. The van der Waals surface area contributed by atoms with Crippen molar-refractivity contribution in [2.24, 2.45) is 0 Å². The van der Waals surface area contributed by atoms with Crippen molar-refractivity contribution in [2.45, 2.75) is 18.8 Å². The quantitative estimate of drug-likeness (QED) is 0.711. The SMILES string of the molecule is COCCCOc1ccc(C2CCOC2)cc1. The first-order valence-electron chi connectivity index (χ1n) is 6.19. The summed E-state index contributed by atoms with van der Waals surface area (Å²) in [6, 6.07) is 8.37. The van der Waals surface area contributed by atoms with Crippen molar-refractivity contribution in [1.29, 1.82) is 0 Å². The predicted molar refractivity (Wildman–Crippen MR) is 66.6 cm³/mol. The largest absolute Gasteiger partial charge is 0.494 e. The number of ether oxygens (including phenoxy) is 3. The van der Waals surface area contributed by atoms with Gasteiger partial charge in [-0.1, -0.05) is 12.1 Å². The van der Waals surface area contributed by atoms with E-state index in [0.717, 1.165) is 38.4 Å². The van der Waals surface area contributed by atoms with Gasteiger partial charge in [-0.3, -0.25) is 0 Å². The molecular weight excluding hydrogens is 216 g/mol. The lowest BCUT2D eigenvalue weighted by Crippen LogP contribution is -2.02. The third kappa shape index (κ3) is 3.72. The van der Waals surface area contributed by atoms with E-state index in [-0.39, 0.29) is 0 Å². The van der Waals surface area contributed by atoms with Crippen LogP contribution in [0.2, 0.25) is 0 Å². The summed E-state index contributed by atoms with van der Waals surface area (Å²) in [6.45, 7) is 3.20. The van der Waals surface area contributed by atoms with Crippen LogP contribution in [0.25, 0.3) is 0 Å². The lowest BCUT2D eigenvalue weighted by molar-refractivity contribution is 0.172. The third-order valence-electron chi connectivity index (χ3n) is 3.04. The Balaban J connectivity index is 1.80. The number of hydrogen-bond acceptors (Lipinski definition) is 3. The molecule has 3 nitrogen and oxygen atoms in total. The Morgan fingerprint density at radius 3 is 2.71 bits per heavy atom. The van der Waals surface area contributed by atoms with Gasteiger partial charge in [0.25, 0.3) is 0 Å². The van der Waals surface area contributed by atoms with Crippen LogP contribution in [0.5, 0.6) is 5.75 Å². The summed E-state index contributed by atoms with van der Waals surface area (Å²) in [5.74, 6) is 1.50. The summed E-state index contributed by atoms with van der Waals surface area (Å²) in [7, 11) is 1.71. The van der Waals surface area contributed by atoms with Crippen LogP contribution in [0.15, 0.2) is 24.3 Å². The molecule has 1 aliphatic rings. The summed E-state index contributed by atoms with van der Waals surface area (Å²) in [5.41, 5.74) is 1.35. The fraction of sp³-hybridized carbons (Fsp3) is 0.571. The van der Waals surface area contributed by atoms with Crippen molar-refractivity contribution < 1.29 is 14.2 Å². The van der Waals surface area contributed by atoms with Gasteiger partial charge in [-0.05, 0) is 24.1 Å². The Labute approximate surface area is 103 Å². The molecule has 1 atom stereocenters. The minimum Gasteiger partial charge on any atom is -0.494 e. The Morgan fingerprint density at radius 2 is 2.06 bits per heavy atom. The number of methoxy groups -OCH3 is 1. The molecule has 1 fully saturated rings. The van der Waals surface area contributed by atoms with Gasteiger partial charge >= 0.3 is 0 Å². The third-order valence-corrected chi connectivity index (χ3v) is 3.04. The molecule has 2 rings (SSSR count). The van der Waals surface area contributed by atoms with Crippen molar-refractivity contribution in [3.8, 4) is 5.75 Å². The van der Waals surface area contributed by atoms with Gasteiger partial charge in [0.2, 0.25) is 0 Å². The molecular formula is C14H20O3. The van der Waals surface area contributed by atoms with E-state index < -0.39 is 0 Å². The van der Waals surface area contributed by atoms with E-state index in [1.807, 2.05) is 12.1 Å². The zero-order valence-corrected chi connectivity index (χ0v) is 10.4. The first-order chi connectivity index (χ1) is 8.40. The van der Waals surface area contributed by atoms with Crippen LogP contribution in [-0.4, -0.2) is 33.5 Å². The van der Waals surface area contributed by atoms with Crippen molar-refractivity contribution in [2.75, 3.05) is 33.5 Å². The molecule has 1 saturated heterocycles. The first-order valence-corrected chi connectivity index (χ1v) is 6.19. The number of rotatable bonds is 6. The van der Waals surface area contributed by atoms with Crippen LogP contribution in [0, 0.1) is 0 Å². The van der Waals surface area contributed by atoms with E-state index in [9.17, 15) is 0 Å². The predicted octanol–water partition coefficient (Wildman–Crippen LogP) is 2.61. The summed E-state index contributed by atoms with van der Waals surface area (Å²) in [5, 5.41) is 0. The molecule has 1 heterocycles. The molecule has 0 N–H and O–H groups in total. The van der Waals surface area contributed by atoms with Crippen LogP contribution >= 0.6 is 0 Å². The highest BCUT2D eigenvalue weighted by molar-refractivity contribution is 5.29. The van der Waals surface area contributed by atoms with Crippen molar-refractivity contribution >= 4 is 0 Å². The monoisotopic (exact) mass is 236 g/mol. The van der Waals surface area contributed by atoms with Crippen LogP contribution < -0.4 is 4.74 Å². The Bertz CT molecular complexity index is 315. The van der Waals surface area contributed by atoms with Gasteiger partial charge in [-0.15, -0.1) is 0 Å². The highest BCUT2D eigenvalue weighted by Crippen LogP contribution is 2.26. The lowest BCUT2D eigenvalue weighted by atomic mass is 9.99. The summed E-state index contributed by atoms with van der Waals surface area (Å²) < 4.78 is 16.0. The Kier molecular flexibility index (Phi) is 4.83. The van der Waals surface area contributed by atoms with Gasteiger partial charge in [-0.25, -0.2) is 0 Å². The average Bonchev–Trinajstić information content (AvgIpc) is 2.89.